The summed E-state index contributed by atoms with van der Waals surface area (Å²) in [5.41, 5.74) is 2.81. The van der Waals surface area contributed by atoms with Crippen LogP contribution >= 0.6 is 0 Å². The average molecular weight is 316 g/mol. The van der Waals surface area contributed by atoms with Gasteiger partial charge in [-0.25, -0.2) is 0 Å². The first kappa shape index (κ1) is 16.8. The Morgan fingerprint density at radius 3 is 2.04 bits per heavy atom. The largest absolute Gasteiger partial charge is 0.372 e. The van der Waals surface area contributed by atoms with Gasteiger partial charge in [0.25, 0.3) is 0 Å². The highest BCUT2D eigenvalue weighted by molar-refractivity contribution is 5.47. The molecule has 2 heterocycles. The summed E-state index contributed by atoms with van der Waals surface area (Å²) in [5, 5.41) is 3.61. The maximum atomic E-state index is 3.61. The molecule has 0 unspecified atom stereocenters. The first-order chi connectivity index (χ1) is 11.4. The van der Waals surface area contributed by atoms with Gasteiger partial charge in [-0.3, -0.25) is 0 Å². The molecule has 1 aromatic rings. The number of anilines is 1. The fourth-order valence-corrected chi connectivity index (χ4v) is 3.81. The van der Waals surface area contributed by atoms with E-state index in [1.807, 2.05) is 0 Å². The molecule has 2 aliphatic rings. The molecule has 128 valence electrons. The lowest BCUT2D eigenvalue weighted by atomic mass is 10.1. The standard InChI is InChI=1S/C20H33N3/c1-2-5-14-22(13-4-1)17-12-21-18-19-8-10-20(11-9-19)23-15-6-3-7-16-23/h8-11,21H,1-7,12-18H2. The minimum atomic E-state index is 0.994. The van der Waals surface area contributed by atoms with Crippen LogP contribution in [0.4, 0.5) is 5.69 Å². The minimum absolute atomic E-state index is 0.994. The van der Waals surface area contributed by atoms with E-state index in [4.69, 9.17) is 0 Å². The number of nitrogens with zero attached hydrogens (tertiary/aromatic N) is 2. The molecule has 3 nitrogen and oxygen atoms in total. The maximum Gasteiger partial charge on any atom is 0.0366 e. The van der Waals surface area contributed by atoms with Crippen molar-refractivity contribution in [2.45, 2.75) is 51.5 Å². The zero-order valence-corrected chi connectivity index (χ0v) is 14.6. The smallest absolute Gasteiger partial charge is 0.0366 e. The molecule has 2 fully saturated rings. The van der Waals surface area contributed by atoms with Gasteiger partial charge in [-0.2, -0.15) is 0 Å². The van der Waals surface area contributed by atoms with E-state index in [9.17, 15) is 0 Å². The Balaban J connectivity index is 1.36. The summed E-state index contributed by atoms with van der Waals surface area (Å²) in [6, 6.07) is 9.19. The van der Waals surface area contributed by atoms with Crippen molar-refractivity contribution in [2.24, 2.45) is 0 Å². The number of nitrogens with one attached hydrogen (secondary N) is 1. The fraction of sp³-hybridized carbons (Fsp3) is 0.700. The number of likely N-dealkylation sites (tertiary alicyclic amines) is 1. The van der Waals surface area contributed by atoms with Gasteiger partial charge in [0, 0.05) is 38.4 Å². The predicted molar refractivity (Wildman–Crippen MR) is 99.1 cm³/mol. The SMILES string of the molecule is c1cc(N2CCCCC2)ccc1CNCCN1CCCCCC1. The van der Waals surface area contributed by atoms with E-state index in [0.717, 1.165) is 13.1 Å². The van der Waals surface area contributed by atoms with Gasteiger partial charge in [0.05, 0.1) is 0 Å². The number of hydrogen-bond donors (Lipinski definition) is 1. The minimum Gasteiger partial charge on any atom is -0.372 e. The molecule has 3 rings (SSSR count). The number of rotatable bonds is 6. The highest BCUT2D eigenvalue weighted by atomic mass is 15.1. The van der Waals surface area contributed by atoms with Gasteiger partial charge in [-0.1, -0.05) is 25.0 Å². The second kappa shape index (κ2) is 9.29. The average Bonchev–Trinajstić information content (AvgIpc) is 2.89. The van der Waals surface area contributed by atoms with Crippen LogP contribution in [0.15, 0.2) is 24.3 Å². The van der Waals surface area contributed by atoms with Gasteiger partial charge in [0.15, 0.2) is 0 Å². The van der Waals surface area contributed by atoms with E-state index in [2.05, 4.69) is 39.4 Å². The molecular weight excluding hydrogens is 282 g/mol. The van der Waals surface area contributed by atoms with Crippen molar-refractivity contribution in [3.63, 3.8) is 0 Å². The van der Waals surface area contributed by atoms with Gasteiger partial charge in [0.2, 0.25) is 0 Å². The normalized spacial score (nSPS) is 20.4. The molecular formula is C20H33N3. The Labute approximate surface area is 142 Å². The summed E-state index contributed by atoms with van der Waals surface area (Å²) in [6.45, 7) is 8.35. The maximum absolute atomic E-state index is 3.61. The van der Waals surface area contributed by atoms with E-state index in [-0.39, 0.29) is 0 Å². The van der Waals surface area contributed by atoms with Gasteiger partial charge in [-0.05, 0) is 62.9 Å². The Hall–Kier alpha value is -1.06. The van der Waals surface area contributed by atoms with E-state index >= 15 is 0 Å². The Kier molecular flexibility index (Phi) is 6.78. The summed E-state index contributed by atoms with van der Waals surface area (Å²) >= 11 is 0. The van der Waals surface area contributed by atoms with Crippen LogP contribution in [0.3, 0.4) is 0 Å². The van der Waals surface area contributed by atoms with Crippen LogP contribution in [-0.2, 0) is 6.54 Å². The number of piperidine rings is 1. The van der Waals surface area contributed by atoms with Gasteiger partial charge in [0.1, 0.15) is 0 Å². The van der Waals surface area contributed by atoms with Crippen LogP contribution in [0, 0.1) is 0 Å². The zero-order chi connectivity index (χ0) is 15.7. The second-order valence-corrected chi connectivity index (χ2v) is 7.15. The van der Waals surface area contributed by atoms with E-state index in [0.29, 0.717) is 0 Å². The van der Waals surface area contributed by atoms with Crippen LogP contribution in [0.1, 0.15) is 50.5 Å². The topological polar surface area (TPSA) is 18.5 Å². The second-order valence-electron chi connectivity index (χ2n) is 7.15. The van der Waals surface area contributed by atoms with Crippen LogP contribution in [0.5, 0.6) is 0 Å². The van der Waals surface area contributed by atoms with E-state index in [1.54, 1.807) is 0 Å². The molecule has 0 bridgehead atoms. The quantitative estimate of drug-likeness (QED) is 0.809. The molecule has 0 saturated carbocycles. The molecule has 23 heavy (non-hydrogen) atoms. The molecule has 0 spiro atoms. The summed E-state index contributed by atoms with van der Waals surface area (Å²) in [7, 11) is 0. The van der Waals surface area contributed by atoms with Crippen molar-refractivity contribution in [3.05, 3.63) is 29.8 Å². The number of hydrogen-bond acceptors (Lipinski definition) is 3. The summed E-state index contributed by atoms with van der Waals surface area (Å²) < 4.78 is 0. The molecule has 3 heteroatoms. The van der Waals surface area contributed by atoms with E-state index < -0.39 is 0 Å². The monoisotopic (exact) mass is 315 g/mol. The lowest BCUT2D eigenvalue weighted by molar-refractivity contribution is 0.284. The Morgan fingerprint density at radius 2 is 1.35 bits per heavy atom. The molecule has 0 radical (unpaired) electrons. The van der Waals surface area contributed by atoms with Crippen molar-refractivity contribution in [2.75, 3.05) is 44.2 Å². The summed E-state index contributed by atoms with van der Waals surface area (Å²) in [4.78, 5) is 5.15. The summed E-state index contributed by atoms with van der Waals surface area (Å²) in [5.74, 6) is 0. The molecule has 0 amide bonds. The molecule has 0 aliphatic carbocycles. The first-order valence-electron chi connectivity index (χ1n) is 9.69. The first-order valence-corrected chi connectivity index (χ1v) is 9.69. The van der Waals surface area contributed by atoms with Crippen LogP contribution in [-0.4, -0.2) is 44.2 Å². The van der Waals surface area contributed by atoms with Crippen LogP contribution in [0.25, 0.3) is 0 Å². The third-order valence-electron chi connectivity index (χ3n) is 5.29. The highest BCUT2D eigenvalue weighted by Gasteiger charge is 2.10. The van der Waals surface area contributed by atoms with Crippen molar-refractivity contribution >= 4 is 5.69 Å². The molecule has 2 aliphatic heterocycles. The number of benzene rings is 1. The van der Waals surface area contributed by atoms with Crippen LogP contribution < -0.4 is 10.2 Å². The lowest BCUT2D eigenvalue weighted by Crippen LogP contribution is -2.32. The van der Waals surface area contributed by atoms with Gasteiger partial charge >= 0.3 is 0 Å². The van der Waals surface area contributed by atoms with Crippen molar-refractivity contribution in [1.82, 2.24) is 10.2 Å². The molecule has 2 saturated heterocycles. The van der Waals surface area contributed by atoms with Crippen molar-refractivity contribution in [1.29, 1.82) is 0 Å². The Bertz CT molecular complexity index is 429. The van der Waals surface area contributed by atoms with Gasteiger partial charge in [-0.15, -0.1) is 0 Å². The predicted octanol–water partition coefficient (Wildman–Crippen LogP) is 3.64. The molecule has 1 N–H and O–H groups in total. The molecule has 1 aromatic carbocycles. The third-order valence-corrected chi connectivity index (χ3v) is 5.29. The van der Waals surface area contributed by atoms with Crippen molar-refractivity contribution < 1.29 is 0 Å². The van der Waals surface area contributed by atoms with Crippen molar-refractivity contribution in [3.8, 4) is 0 Å². The van der Waals surface area contributed by atoms with Gasteiger partial charge < -0.3 is 15.1 Å². The fourth-order valence-electron chi connectivity index (χ4n) is 3.81. The molecule has 0 atom stereocenters. The lowest BCUT2D eigenvalue weighted by Gasteiger charge is -2.28. The third kappa shape index (κ3) is 5.50. The highest BCUT2D eigenvalue weighted by Crippen LogP contribution is 2.20. The molecule has 0 aromatic heterocycles. The zero-order valence-electron chi connectivity index (χ0n) is 14.6. The summed E-state index contributed by atoms with van der Waals surface area (Å²) in [6.07, 6.45) is 9.71. The van der Waals surface area contributed by atoms with E-state index in [1.165, 1.54) is 88.9 Å². The van der Waals surface area contributed by atoms with Crippen LogP contribution in [0.2, 0.25) is 0 Å². The Morgan fingerprint density at radius 1 is 0.739 bits per heavy atom.